The minimum atomic E-state index is -0.685. The number of amides is 2. The quantitative estimate of drug-likeness (QED) is 0.918. The van der Waals surface area contributed by atoms with E-state index in [-0.39, 0.29) is 24.2 Å². The Morgan fingerprint density at radius 1 is 1.46 bits per heavy atom. The molecule has 0 bridgehead atoms. The molecule has 132 valence electrons. The molecule has 1 spiro atoms. The molecule has 1 aliphatic carbocycles. The molecule has 2 fully saturated rings. The van der Waals surface area contributed by atoms with Gasteiger partial charge in [-0.2, -0.15) is 0 Å². The predicted octanol–water partition coefficient (Wildman–Crippen LogP) is 2.55. The molecule has 1 saturated heterocycles. The van der Waals surface area contributed by atoms with Gasteiger partial charge in [0, 0.05) is 6.54 Å². The first kappa shape index (κ1) is 17.0. The van der Waals surface area contributed by atoms with Gasteiger partial charge in [0.2, 0.25) is 5.91 Å². The van der Waals surface area contributed by atoms with E-state index in [1.807, 2.05) is 6.92 Å². The molecule has 2 heterocycles. The summed E-state index contributed by atoms with van der Waals surface area (Å²) in [4.78, 5) is 27.3. The Labute approximate surface area is 142 Å². The lowest BCUT2D eigenvalue weighted by Gasteiger charge is -2.43. The smallest absolute Gasteiger partial charge is 0.292 e. The van der Waals surface area contributed by atoms with Gasteiger partial charge in [-0.05, 0) is 43.7 Å². The summed E-state index contributed by atoms with van der Waals surface area (Å²) in [6.07, 6.45) is 5.98. The summed E-state index contributed by atoms with van der Waals surface area (Å²) in [6, 6.07) is 2.73. The van der Waals surface area contributed by atoms with Crippen LogP contribution in [0.3, 0.4) is 0 Å². The van der Waals surface area contributed by atoms with Crippen LogP contribution in [-0.2, 0) is 9.53 Å². The van der Waals surface area contributed by atoms with Crippen molar-refractivity contribution in [1.82, 2.24) is 10.2 Å². The Kier molecular flexibility index (Phi) is 4.94. The van der Waals surface area contributed by atoms with E-state index in [1.165, 1.54) is 6.26 Å². The van der Waals surface area contributed by atoms with Crippen LogP contribution in [0.5, 0.6) is 0 Å². The molecule has 0 radical (unpaired) electrons. The molecule has 6 nitrogen and oxygen atoms in total. The highest BCUT2D eigenvalue weighted by molar-refractivity contribution is 5.96. The largest absolute Gasteiger partial charge is 0.459 e. The van der Waals surface area contributed by atoms with Crippen molar-refractivity contribution in [3.05, 3.63) is 24.2 Å². The highest BCUT2D eigenvalue weighted by Crippen LogP contribution is 2.43. The van der Waals surface area contributed by atoms with Crippen molar-refractivity contribution in [3.8, 4) is 0 Å². The van der Waals surface area contributed by atoms with E-state index >= 15 is 0 Å². The number of furan rings is 1. The summed E-state index contributed by atoms with van der Waals surface area (Å²) in [6.45, 7) is 5.02. The number of ether oxygens (including phenoxy) is 1. The number of carbonyl (C=O) groups excluding carboxylic acids is 2. The Morgan fingerprint density at radius 2 is 2.29 bits per heavy atom. The first-order valence-electron chi connectivity index (χ1n) is 8.86. The summed E-state index contributed by atoms with van der Waals surface area (Å²) in [5, 5.41) is 2.89. The predicted molar refractivity (Wildman–Crippen MR) is 88.3 cm³/mol. The second-order valence-corrected chi connectivity index (χ2v) is 6.92. The van der Waals surface area contributed by atoms with Crippen molar-refractivity contribution in [1.29, 1.82) is 0 Å². The molecule has 1 saturated carbocycles. The topological polar surface area (TPSA) is 71.8 Å². The minimum absolute atomic E-state index is 0.146. The van der Waals surface area contributed by atoms with E-state index in [2.05, 4.69) is 12.2 Å². The lowest BCUT2D eigenvalue weighted by Crippen LogP contribution is -2.57. The lowest BCUT2D eigenvalue weighted by molar-refractivity contribution is -0.128. The maximum absolute atomic E-state index is 13.0. The second-order valence-electron chi connectivity index (χ2n) is 6.92. The SMILES string of the molecule is CCCNC(=O)[C@H]1CO[C@]2(CCC[C@H](C)C2)N1C(=O)c1ccco1. The van der Waals surface area contributed by atoms with Crippen molar-refractivity contribution in [2.75, 3.05) is 13.2 Å². The zero-order chi connectivity index (χ0) is 17.2. The van der Waals surface area contributed by atoms with Crippen LogP contribution in [0.4, 0.5) is 0 Å². The van der Waals surface area contributed by atoms with E-state index in [9.17, 15) is 9.59 Å². The standard InChI is InChI=1S/C18H26N2O4/c1-3-9-19-16(21)14-12-24-18(8-4-6-13(2)11-18)20(14)17(22)15-7-5-10-23-15/h5,7,10,13-14H,3-4,6,8-9,11-12H2,1-2H3,(H,19,21)/t13-,14+,18-/m0/s1. The minimum Gasteiger partial charge on any atom is -0.459 e. The zero-order valence-electron chi connectivity index (χ0n) is 14.4. The lowest BCUT2D eigenvalue weighted by atomic mass is 9.83. The number of carbonyl (C=O) groups is 2. The Hall–Kier alpha value is -1.82. The van der Waals surface area contributed by atoms with Crippen molar-refractivity contribution < 1.29 is 18.7 Å². The molecule has 0 unspecified atom stereocenters. The van der Waals surface area contributed by atoms with Gasteiger partial charge in [-0.25, -0.2) is 0 Å². The number of hydrogen-bond acceptors (Lipinski definition) is 4. The molecule has 1 aromatic rings. The van der Waals surface area contributed by atoms with Crippen LogP contribution >= 0.6 is 0 Å². The second kappa shape index (κ2) is 6.97. The first-order valence-corrected chi connectivity index (χ1v) is 8.86. The maximum atomic E-state index is 13.0. The first-order chi connectivity index (χ1) is 11.6. The van der Waals surface area contributed by atoms with E-state index in [0.717, 1.165) is 32.1 Å². The van der Waals surface area contributed by atoms with Gasteiger partial charge in [-0.15, -0.1) is 0 Å². The van der Waals surface area contributed by atoms with E-state index < -0.39 is 11.8 Å². The van der Waals surface area contributed by atoms with Crippen LogP contribution in [0.15, 0.2) is 22.8 Å². The van der Waals surface area contributed by atoms with Gasteiger partial charge >= 0.3 is 0 Å². The molecule has 24 heavy (non-hydrogen) atoms. The van der Waals surface area contributed by atoms with Crippen LogP contribution in [0.25, 0.3) is 0 Å². The third kappa shape index (κ3) is 3.07. The van der Waals surface area contributed by atoms with Gasteiger partial charge in [0.1, 0.15) is 11.8 Å². The highest BCUT2D eigenvalue weighted by Gasteiger charge is 2.54. The molecule has 3 rings (SSSR count). The third-order valence-electron chi connectivity index (χ3n) is 4.99. The molecule has 1 aliphatic heterocycles. The highest BCUT2D eigenvalue weighted by atomic mass is 16.5. The molecule has 0 aromatic carbocycles. The van der Waals surface area contributed by atoms with Crippen LogP contribution < -0.4 is 5.32 Å². The molecule has 3 atom stereocenters. The van der Waals surface area contributed by atoms with Crippen LogP contribution in [-0.4, -0.2) is 41.6 Å². The fraction of sp³-hybridized carbons (Fsp3) is 0.667. The molecule has 2 aliphatic rings. The summed E-state index contributed by atoms with van der Waals surface area (Å²) in [7, 11) is 0. The van der Waals surface area contributed by atoms with Crippen LogP contribution in [0.2, 0.25) is 0 Å². The van der Waals surface area contributed by atoms with Gasteiger partial charge in [0.15, 0.2) is 5.76 Å². The van der Waals surface area contributed by atoms with Crippen molar-refractivity contribution in [3.63, 3.8) is 0 Å². The zero-order valence-corrected chi connectivity index (χ0v) is 14.4. The van der Waals surface area contributed by atoms with Crippen molar-refractivity contribution in [2.24, 2.45) is 5.92 Å². The average Bonchev–Trinajstić information content (AvgIpc) is 3.20. The van der Waals surface area contributed by atoms with Crippen LogP contribution in [0, 0.1) is 5.92 Å². The van der Waals surface area contributed by atoms with E-state index in [1.54, 1.807) is 17.0 Å². The normalized spacial score (nSPS) is 29.8. The number of nitrogens with one attached hydrogen (secondary N) is 1. The van der Waals surface area contributed by atoms with Crippen molar-refractivity contribution >= 4 is 11.8 Å². The van der Waals surface area contributed by atoms with E-state index in [4.69, 9.17) is 9.15 Å². The van der Waals surface area contributed by atoms with Crippen LogP contribution in [0.1, 0.15) is 56.5 Å². The summed E-state index contributed by atoms with van der Waals surface area (Å²) < 4.78 is 11.4. The Morgan fingerprint density at radius 3 is 2.96 bits per heavy atom. The fourth-order valence-electron chi connectivity index (χ4n) is 3.89. The summed E-state index contributed by atoms with van der Waals surface area (Å²) in [5.41, 5.74) is -0.685. The summed E-state index contributed by atoms with van der Waals surface area (Å²) in [5.74, 6) is 0.310. The Bertz CT molecular complexity index is 586. The number of hydrogen-bond donors (Lipinski definition) is 1. The van der Waals surface area contributed by atoms with Gasteiger partial charge in [0.25, 0.3) is 5.91 Å². The van der Waals surface area contributed by atoms with Gasteiger partial charge in [-0.1, -0.05) is 20.3 Å². The van der Waals surface area contributed by atoms with Crippen molar-refractivity contribution in [2.45, 2.75) is 57.7 Å². The number of nitrogens with zero attached hydrogens (tertiary/aromatic N) is 1. The van der Waals surface area contributed by atoms with Gasteiger partial charge in [0.05, 0.1) is 12.9 Å². The van der Waals surface area contributed by atoms with E-state index in [0.29, 0.717) is 12.5 Å². The fourth-order valence-corrected chi connectivity index (χ4v) is 3.89. The molecular weight excluding hydrogens is 308 g/mol. The molecular formula is C18H26N2O4. The summed E-state index contributed by atoms with van der Waals surface area (Å²) >= 11 is 0. The average molecular weight is 334 g/mol. The molecule has 1 N–H and O–H groups in total. The maximum Gasteiger partial charge on any atom is 0.292 e. The number of rotatable bonds is 4. The third-order valence-corrected chi connectivity index (χ3v) is 4.99. The molecule has 6 heteroatoms. The van der Waals surface area contributed by atoms with Gasteiger partial charge in [-0.3, -0.25) is 14.5 Å². The monoisotopic (exact) mass is 334 g/mol. The van der Waals surface area contributed by atoms with Gasteiger partial charge < -0.3 is 14.5 Å². The molecule has 2 amide bonds. The molecule has 1 aromatic heterocycles. The Balaban J connectivity index is 1.89.